The van der Waals surface area contributed by atoms with Crippen LogP contribution in [-0.2, 0) is 4.79 Å². The Kier molecular flexibility index (Phi) is 4.71. The van der Waals surface area contributed by atoms with Crippen LogP contribution in [0.25, 0.3) is 11.3 Å². The summed E-state index contributed by atoms with van der Waals surface area (Å²) in [5.41, 5.74) is 1.43. The Hall–Kier alpha value is -2.63. The molecule has 2 rings (SSSR count). The van der Waals surface area contributed by atoms with Crippen LogP contribution in [0.2, 0.25) is 0 Å². The molecule has 110 valence electrons. The van der Waals surface area contributed by atoms with Crippen LogP contribution in [-0.4, -0.2) is 40.1 Å². The number of nitrogens with zero attached hydrogens (tertiary/aromatic N) is 2. The zero-order valence-corrected chi connectivity index (χ0v) is 11.7. The van der Waals surface area contributed by atoms with Crippen molar-refractivity contribution in [1.29, 1.82) is 0 Å². The maximum Gasteiger partial charge on any atom is 0.305 e. The molecule has 0 unspecified atom stereocenters. The van der Waals surface area contributed by atoms with E-state index in [0.717, 1.165) is 5.56 Å². The number of rotatable bonds is 6. The van der Waals surface area contributed by atoms with E-state index >= 15 is 0 Å². The van der Waals surface area contributed by atoms with Gasteiger partial charge in [-0.3, -0.25) is 9.59 Å². The summed E-state index contributed by atoms with van der Waals surface area (Å²) in [6, 6.07) is 10.9. The van der Waals surface area contributed by atoms with E-state index in [-0.39, 0.29) is 24.6 Å². The lowest BCUT2D eigenvalue weighted by molar-refractivity contribution is -0.137. The summed E-state index contributed by atoms with van der Waals surface area (Å²) in [6.07, 6.45) is -0.0980. The van der Waals surface area contributed by atoms with Gasteiger partial charge in [-0.25, -0.2) is 0 Å². The fourth-order valence-corrected chi connectivity index (χ4v) is 1.91. The molecule has 0 atom stereocenters. The van der Waals surface area contributed by atoms with Gasteiger partial charge in [-0.15, -0.1) is 0 Å². The van der Waals surface area contributed by atoms with Crippen LogP contribution >= 0.6 is 0 Å². The highest BCUT2D eigenvalue weighted by atomic mass is 16.5. The Labute approximate surface area is 122 Å². The number of benzene rings is 1. The molecule has 6 nitrogen and oxygen atoms in total. The van der Waals surface area contributed by atoms with Crippen molar-refractivity contribution >= 4 is 11.9 Å². The molecule has 0 radical (unpaired) electrons. The molecule has 0 fully saturated rings. The molecule has 1 aromatic heterocycles. The largest absolute Gasteiger partial charge is 0.481 e. The van der Waals surface area contributed by atoms with Crippen LogP contribution in [0.5, 0.6) is 0 Å². The van der Waals surface area contributed by atoms with Crippen molar-refractivity contribution in [3.8, 4) is 11.3 Å². The van der Waals surface area contributed by atoms with Crippen molar-refractivity contribution in [1.82, 2.24) is 10.1 Å². The van der Waals surface area contributed by atoms with Crippen molar-refractivity contribution in [2.45, 2.75) is 13.3 Å². The van der Waals surface area contributed by atoms with Crippen molar-refractivity contribution in [2.24, 2.45) is 0 Å². The number of hydrogen-bond acceptors (Lipinski definition) is 4. The average Bonchev–Trinajstić information content (AvgIpc) is 2.98. The van der Waals surface area contributed by atoms with Gasteiger partial charge in [0.1, 0.15) is 5.69 Å². The zero-order valence-electron chi connectivity index (χ0n) is 11.7. The van der Waals surface area contributed by atoms with E-state index in [4.69, 9.17) is 9.63 Å². The molecule has 0 saturated carbocycles. The number of hydrogen-bond donors (Lipinski definition) is 1. The van der Waals surface area contributed by atoms with Gasteiger partial charge in [0.2, 0.25) is 5.76 Å². The highest BCUT2D eigenvalue weighted by molar-refractivity contribution is 5.92. The molecule has 1 aromatic carbocycles. The van der Waals surface area contributed by atoms with Gasteiger partial charge >= 0.3 is 5.97 Å². The van der Waals surface area contributed by atoms with E-state index in [1.54, 1.807) is 13.0 Å². The number of carbonyl (C=O) groups excluding carboxylic acids is 1. The zero-order chi connectivity index (χ0) is 15.2. The standard InChI is InChI=1S/C15H16N2O4/c1-2-17(9-8-14(18)19)15(20)13-10-12(16-21-13)11-6-4-3-5-7-11/h3-7,10H,2,8-9H2,1H3,(H,18,19). The van der Waals surface area contributed by atoms with Crippen molar-refractivity contribution < 1.29 is 19.2 Å². The van der Waals surface area contributed by atoms with E-state index in [2.05, 4.69) is 5.16 Å². The highest BCUT2D eigenvalue weighted by Crippen LogP contribution is 2.19. The Bertz CT molecular complexity index is 622. The first-order valence-electron chi connectivity index (χ1n) is 6.65. The van der Waals surface area contributed by atoms with Crippen molar-refractivity contribution in [3.63, 3.8) is 0 Å². The number of carboxylic acids is 1. The van der Waals surface area contributed by atoms with Gasteiger partial charge in [0.25, 0.3) is 5.91 Å². The third-order valence-electron chi connectivity index (χ3n) is 3.06. The van der Waals surface area contributed by atoms with E-state index in [0.29, 0.717) is 12.2 Å². The predicted octanol–water partition coefficient (Wildman–Crippen LogP) is 2.28. The van der Waals surface area contributed by atoms with Crippen LogP contribution in [0.3, 0.4) is 0 Å². The number of carbonyl (C=O) groups is 2. The fourth-order valence-electron chi connectivity index (χ4n) is 1.91. The lowest BCUT2D eigenvalue weighted by Crippen LogP contribution is -2.32. The average molecular weight is 288 g/mol. The lowest BCUT2D eigenvalue weighted by atomic mass is 10.1. The number of carboxylic acid groups (broad SMARTS) is 1. The van der Waals surface area contributed by atoms with Crippen molar-refractivity contribution in [3.05, 3.63) is 42.2 Å². The van der Waals surface area contributed by atoms with Gasteiger partial charge in [-0.1, -0.05) is 35.5 Å². The van der Waals surface area contributed by atoms with Crippen molar-refractivity contribution in [2.75, 3.05) is 13.1 Å². The van der Waals surface area contributed by atoms with E-state index in [1.807, 2.05) is 30.3 Å². The van der Waals surface area contributed by atoms with E-state index in [1.165, 1.54) is 4.90 Å². The first-order chi connectivity index (χ1) is 10.1. The third-order valence-corrected chi connectivity index (χ3v) is 3.06. The molecule has 1 N–H and O–H groups in total. The second-order valence-corrected chi connectivity index (χ2v) is 4.47. The summed E-state index contributed by atoms with van der Waals surface area (Å²) in [5, 5.41) is 12.6. The summed E-state index contributed by atoms with van der Waals surface area (Å²) in [6.45, 7) is 2.34. The molecule has 0 saturated heterocycles. The Morgan fingerprint density at radius 2 is 2.00 bits per heavy atom. The van der Waals surface area contributed by atoms with Crippen LogP contribution in [0.4, 0.5) is 0 Å². The minimum absolute atomic E-state index is 0.0980. The van der Waals surface area contributed by atoms with Crippen LogP contribution in [0.1, 0.15) is 23.9 Å². The maximum atomic E-state index is 12.2. The third kappa shape index (κ3) is 3.68. The van der Waals surface area contributed by atoms with Gasteiger partial charge in [-0.05, 0) is 6.92 Å². The second-order valence-electron chi connectivity index (χ2n) is 4.47. The fraction of sp³-hybridized carbons (Fsp3) is 0.267. The van der Waals surface area contributed by atoms with E-state index in [9.17, 15) is 9.59 Å². The number of aromatic nitrogens is 1. The van der Waals surface area contributed by atoms with Gasteiger partial charge in [-0.2, -0.15) is 0 Å². The minimum Gasteiger partial charge on any atom is -0.481 e. The molecule has 0 bridgehead atoms. The summed E-state index contributed by atoms with van der Waals surface area (Å²) in [5.74, 6) is -1.18. The molecule has 21 heavy (non-hydrogen) atoms. The Balaban J connectivity index is 2.12. The molecule has 0 aliphatic heterocycles. The molecule has 0 spiro atoms. The number of aliphatic carboxylic acids is 1. The topological polar surface area (TPSA) is 83.6 Å². The Morgan fingerprint density at radius 3 is 2.62 bits per heavy atom. The summed E-state index contributed by atoms with van der Waals surface area (Å²) in [7, 11) is 0. The molecule has 1 heterocycles. The second kappa shape index (κ2) is 6.69. The number of amides is 1. The smallest absolute Gasteiger partial charge is 0.305 e. The van der Waals surface area contributed by atoms with Crippen LogP contribution < -0.4 is 0 Å². The summed E-state index contributed by atoms with van der Waals surface area (Å²) >= 11 is 0. The van der Waals surface area contributed by atoms with Gasteiger partial charge in [0.15, 0.2) is 0 Å². The monoisotopic (exact) mass is 288 g/mol. The van der Waals surface area contributed by atoms with Crippen LogP contribution in [0.15, 0.2) is 40.9 Å². The normalized spacial score (nSPS) is 10.3. The van der Waals surface area contributed by atoms with E-state index < -0.39 is 5.97 Å². The maximum absolute atomic E-state index is 12.2. The SMILES string of the molecule is CCN(CCC(=O)O)C(=O)c1cc(-c2ccccc2)no1. The van der Waals surface area contributed by atoms with Gasteiger partial charge in [0, 0.05) is 24.7 Å². The molecule has 0 aliphatic carbocycles. The first kappa shape index (κ1) is 14.8. The predicted molar refractivity (Wildman–Crippen MR) is 75.8 cm³/mol. The first-order valence-corrected chi connectivity index (χ1v) is 6.65. The highest BCUT2D eigenvalue weighted by Gasteiger charge is 2.20. The molecule has 6 heteroatoms. The van der Waals surface area contributed by atoms with Gasteiger partial charge in [0.05, 0.1) is 6.42 Å². The van der Waals surface area contributed by atoms with Gasteiger partial charge < -0.3 is 14.5 Å². The summed E-state index contributed by atoms with van der Waals surface area (Å²) in [4.78, 5) is 24.2. The minimum atomic E-state index is -0.941. The summed E-state index contributed by atoms with van der Waals surface area (Å²) < 4.78 is 5.08. The molecule has 1 amide bonds. The van der Waals surface area contributed by atoms with Crippen LogP contribution in [0, 0.1) is 0 Å². The quantitative estimate of drug-likeness (QED) is 0.881. The Morgan fingerprint density at radius 1 is 1.29 bits per heavy atom. The molecule has 2 aromatic rings. The molecule has 0 aliphatic rings. The molecular formula is C15H16N2O4. The molecular weight excluding hydrogens is 272 g/mol. The lowest BCUT2D eigenvalue weighted by Gasteiger charge is -2.17.